The third-order valence-electron chi connectivity index (χ3n) is 3.94. The summed E-state index contributed by atoms with van der Waals surface area (Å²) in [6, 6.07) is 1.82. The van der Waals surface area contributed by atoms with Crippen LogP contribution in [-0.2, 0) is 22.0 Å². The van der Waals surface area contributed by atoms with Crippen molar-refractivity contribution in [2.45, 2.75) is 39.0 Å². The number of carbonyl (C=O) groups excluding carboxylic acids is 2. The summed E-state index contributed by atoms with van der Waals surface area (Å²) in [4.78, 5) is 25.1. The molecule has 23 heavy (non-hydrogen) atoms. The number of rotatable bonds is 4. The van der Waals surface area contributed by atoms with Crippen molar-refractivity contribution in [3.63, 3.8) is 0 Å². The molecule has 7 heteroatoms. The number of methoxy groups -OCH3 is 1. The molecule has 2 amide bonds. The van der Waals surface area contributed by atoms with Gasteiger partial charge in [-0.25, -0.2) is 5.01 Å². The molecule has 0 aromatic carbocycles. The van der Waals surface area contributed by atoms with Gasteiger partial charge >= 0.3 is 0 Å². The van der Waals surface area contributed by atoms with Crippen molar-refractivity contribution in [2.75, 3.05) is 26.8 Å². The summed E-state index contributed by atoms with van der Waals surface area (Å²) in [5.74, 6) is -0.269. The maximum atomic E-state index is 12.8. The van der Waals surface area contributed by atoms with Crippen LogP contribution in [0.1, 0.15) is 49.8 Å². The lowest BCUT2D eigenvalue weighted by Gasteiger charge is -2.27. The molecule has 1 aliphatic heterocycles. The second-order valence-corrected chi connectivity index (χ2v) is 6.83. The summed E-state index contributed by atoms with van der Waals surface area (Å²) in [6.45, 7) is 7.64. The number of amides is 2. The number of hydrogen-bond donors (Lipinski definition) is 0. The van der Waals surface area contributed by atoms with Crippen LogP contribution in [0.25, 0.3) is 0 Å². The topological polar surface area (TPSA) is 67.7 Å². The Bertz CT molecular complexity index is 589. The smallest absolute Gasteiger partial charge is 0.290 e. The molecule has 2 heterocycles. The highest BCUT2D eigenvalue weighted by atomic mass is 16.5. The first-order valence-electron chi connectivity index (χ1n) is 7.91. The molecule has 0 N–H and O–H groups in total. The highest BCUT2D eigenvalue weighted by Crippen LogP contribution is 2.23. The number of hydrazine groups is 1. The summed E-state index contributed by atoms with van der Waals surface area (Å²) in [6.07, 6.45) is 1.06. The molecule has 1 fully saturated rings. The number of nitrogens with zero attached hydrogens (tertiary/aromatic N) is 4. The Kier molecular flexibility index (Phi) is 5.09. The molecular weight excluding hydrogens is 296 g/mol. The molecule has 0 atom stereocenters. The van der Waals surface area contributed by atoms with Crippen LogP contribution in [0.15, 0.2) is 6.07 Å². The molecule has 0 aliphatic carbocycles. The molecular formula is C16H26N4O3. The van der Waals surface area contributed by atoms with Crippen LogP contribution in [0, 0.1) is 0 Å². The molecule has 0 unspecified atom stereocenters. The van der Waals surface area contributed by atoms with E-state index >= 15 is 0 Å². The van der Waals surface area contributed by atoms with Crippen molar-refractivity contribution in [1.29, 1.82) is 0 Å². The fourth-order valence-electron chi connectivity index (χ4n) is 2.57. The average Bonchev–Trinajstić information content (AvgIpc) is 3.10. The van der Waals surface area contributed by atoms with E-state index in [9.17, 15) is 9.59 Å². The van der Waals surface area contributed by atoms with E-state index in [0.717, 1.165) is 12.1 Å². The van der Waals surface area contributed by atoms with Gasteiger partial charge in [0.25, 0.3) is 5.91 Å². The van der Waals surface area contributed by atoms with E-state index in [2.05, 4.69) is 25.9 Å². The predicted octanol–water partition coefficient (Wildman–Crippen LogP) is 1.34. The minimum absolute atomic E-state index is 0.0871. The third-order valence-corrected chi connectivity index (χ3v) is 3.94. The summed E-state index contributed by atoms with van der Waals surface area (Å²) in [5, 5.41) is 7.50. The lowest BCUT2D eigenvalue weighted by atomic mass is 9.92. The Hall–Kier alpha value is -1.89. The largest absolute Gasteiger partial charge is 0.384 e. The monoisotopic (exact) mass is 322 g/mol. The molecule has 7 nitrogen and oxygen atoms in total. The van der Waals surface area contributed by atoms with E-state index in [0.29, 0.717) is 25.4 Å². The molecule has 1 saturated heterocycles. The van der Waals surface area contributed by atoms with Crippen molar-refractivity contribution in [1.82, 2.24) is 19.8 Å². The molecule has 128 valence electrons. The Morgan fingerprint density at radius 1 is 1.26 bits per heavy atom. The summed E-state index contributed by atoms with van der Waals surface area (Å²) >= 11 is 0. The van der Waals surface area contributed by atoms with Crippen LogP contribution in [0.3, 0.4) is 0 Å². The average molecular weight is 322 g/mol. The molecule has 0 saturated carbocycles. The van der Waals surface area contributed by atoms with Gasteiger partial charge in [0.05, 0.1) is 18.7 Å². The van der Waals surface area contributed by atoms with Gasteiger partial charge < -0.3 is 4.74 Å². The van der Waals surface area contributed by atoms with Crippen LogP contribution in [0.2, 0.25) is 0 Å². The van der Waals surface area contributed by atoms with E-state index in [4.69, 9.17) is 4.74 Å². The van der Waals surface area contributed by atoms with E-state index in [1.807, 2.05) is 6.07 Å². The van der Waals surface area contributed by atoms with Crippen LogP contribution in [0.5, 0.6) is 0 Å². The standard InChI is InChI=1S/C16H26N4O3/c1-16(2,3)13-11-12(18(4)17-13)15(22)20-9-6-8-19(20)14(21)7-10-23-5/h11H,6-10H2,1-5H3. The molecule has 1 aliphatic rings. The highest BCUT2D eigenvalue weighted by molar-refractivity contribution is 5.94. The van der Waals surface area contributed by atoms with Gasteiger partial charge in [-0.2, -0.15) is 5.10 Å². The van der Waals surface area contributed by atoms with E-state index < -0.39 is 0 Å². The number of aryl methyl sites for hydroxylation is 1. The van der Waals surface area contributed by atoms with Crippen LogP contribution in [0.4, 0.5) is 0 Å². The molecule has 1 aromatic rings. The zero-order valence-electron chi connectivity index (χ0n) is 14.6. The van der Waals surface area contributed by atoms with Gasteiger partial charge in [0.2, 0.25) is 5.91 Å². The second-order valence-electron chi connectivity index (χ2n) is 6.83. The first kappa shape index (κ1) is 17.5. The van der Waals surface area contributed by atoms with Crippen molar-refractivity contribution < 1.29 is 14.3 Å². The highest BCUT2D eigenvalue weighted by Gasteiger charge is 2.33. The first-order chi connectivity index (χ1) is 10.8. The molecule has 0 bridgehead atoms. The number of carbonyl (C=O) groups is 2. The van der Waals surface area contributed by atoms with Crippen LogP contribution < -0.4 is 0 Å². The minimum atomic E-state index is -0.182. The van der Waals surface area contributed by atoms with Crippen LogP contribution in [-0.4, -0.2) is 58.4 Å². The minimum Gasteiger partial charge on any atom is -0.384 e. The van der Waals surface area contributed by atoms with Gasteiger partial charge in [-0.15, -0.1) is 0 Å². The summed E-state index contributed by atoms with van der Waals surface area (Å²) in [7, 11) is 3.32. The van der Waals surface area contributed by atoms with E-state index in [1.165, 1.54) is 10.0 Å². The lowest BCUT2D eigenvalue weighted by Crippen LogP contribution is -2.45. The van der Waals surface area contributed by atoms with Gasteiger partial charge in [0.1, 0.15) is 5.69 Å². The zero-order chi connectivity index (χ0) is 17.2. The molecule has 1 aromatic heterocycles. The Morgan fingerprint density at radius 2 is 1.91 bits per heavy atom. The maximum absolute atomic E-state index is 12.8. The van der Waals surface area contributed by atoms with Gasteiger partial charge in [0, 0.05) is 32.7 Å². The normalized spacial score (nSPS) is 15.3. The first-order valence-corrected chi connectivity index (χ1v) is 7.91. The van der Waals surface area contributed by atoms with Gasteiger partial charge in [-0.1, -0.05) is 20.8 Å². The second kappa shape index (κ2) is 6.70. The number of ether oxygens (including phenoxy) is 1. The predicted molar refractivity (Wildman–Crippen MR) is 85.8 cm³/mol. The third kappa shape index (κ3) is 3.72. The Morgan fingerprint density at radius 3 is 2.48 bits per heavy atom. The molecule has 0 spiro atoms. The van der Waals surface area contributed by atoms with Gasteiger partial charge in [0.15, 0.2) is 0 Å². The van der Waals surface area contributed by atoms with E-state index in [-0.39, 0.29) is 23.7 Å². The van der Waals surface area contributed by atoms with E-state index in [1.54, 1.807) is 18.8 Å². The fourth-order valence-corrected chi connectivity index (χ4v) is 2.57. The molecule has 2 rings (SSSR count). The maximum Gasteiger partial charge on any atom is 0.290 e. The quantitative estimate of drug-likeness (QED) is 0.839. The SMILES string of the molecule is COCCC(=O)N1CCCN1C(=O)c1cc(C(C)(C)C)nn1C. The molecule has 0 radical (unpaired) electrons. The lowest BCUT2D eigenvalue weighted by molar-refractivity contribution is -0.141. The van der Waals surface area contributed by atoms with Gasteiger partial charge in [-0.05, 0) is 12.5 Å². The van der Waals surface area contributed by atoms with Crippen molar-refractivity contribution in [3.8, 4) is 0 Å². The summed E-state index contributed by atoms with van der Waals surface area (Å²) < 4.78 is 6.54. The van der Waals surface area contributed by atoms with Crippen LogP contribution >= 0.6 is 0 Å². The fraction of sp³-hybridized carbons (Fsp3) is 0.688. The Labute approximate surface area is 137 Å². The number of hydrogen-bond acceptors (Lipinski definition) is 4. The number of aromatic nitrogens is 2. The van der Waals surface area contributed by atoms with Crippen molar-refractivity contribution in [2.24, 2.45) is 7.05 Å². The Balaban J connectivity index is 2.19. The zero-order valence-corrected chi connectivity index (χ0v) is 14.6. The van der Waals surface area contributed by atoms with Crippen molar-refractivity contribution in [3.05, 3.63) is 17.5 Å². The summed E-state index contributed by atoms with van der Waals surface area (Å²) in [5.41, 5.74) is 1.23. The van der Waals surface area contributed by atoms with Gasteiger partial charge in [-0.3, -0.25) is 19.3 Å². The van der Waals surface area contributed by atoms with Crippen molar-refractivity contribution >= 4 is 11.8 Å².